The number of carbonyl (C=O) groups is 2. The van der Waals surface area contributed by atoms with Gasteiger partial charge in [0.05, 0.1) is 4.92 Å². The number of nitro benzene ring substituents is 1. The number of ether oxygens (including phenoxy) is 1. The Morgan fingerprint density at radius 3 is 2.54 bits per heavy atom. The first-order chi connectivity index (χ1) is 13.4. The highest BCUT2D eigenvalue weighted by Gasteiger charge is 2.32. The summed E-state index contributed by atoms with van der Waals surface area (Å²) < 4.78 is 6.61. The summed E-state index contributed by atoms with van der Waals surface area (Å²) in [6.07, 6.45) is 1.56. The lowest BCUT2D eigenvalue weighted by molar-refractivity contribution is -0.384. The van der Waals surface area contributed by atoms with Gasteiger partial charge in [0.25, 0.3) is 11.6 Å². The van der Waals surface area contributed by atoms with E-state index < -0.39 is 16.9 Å². The van der Waals surface area contributed by atoms with E-state index in [-0.39, 0.29) is 24.5 Å². The number of imide groups is 1. The first-order valence-electron chi connectivity index (χ1n) is 8.39. The van der Waals surface area contributed by atoms with E-state index >= 15 is 0 Å². The van der Waals surface area contributed by atoms with Crippen molar-refractivity contribution >= 4 is 39.6 Å². The topological polar surface area (TPSA) is 102 Å². The molecule has 0 saturated carbocycles. The number of urea groups is 1. The van der Waals surface area contributed by atoms with Gasteiger partial charge in [-0.05, 0) is 48.9 Å². The highest BCUT2D eigenvalue weighted by molar-refractivity contribution is 9.10. The number of benzene rings is 2. The monoisotopic (exact) mass is 445 g/mol. The van der Waals surface area contributed by atoms with Crippen LogP contribution in [0.15, 0.2) is 52.6 Å². The molecule has 1 aliphatic heterocycles. The van der Waals surface area contributed by atoms with Gasteiger partial charge in [-0.25, -0.2) is 4.79 Å². The summed E-state index contributed by atoms with van der Waals surface area (Å²) >= 11 is 3.38. The minimum atomic E-state index is -0.462. The van der Waals surface area contributed by atoms with Crippen molar-refractivity contribution in [1.29, 1.82) is 0 Å². The van der Waals surface area contributed by atoms with Gasteiger partial charge in [-0.2, -0.15) is 0 Å². The highest BCUT2D eigenvalue weighted by atomic mass is 79.9. The third kappa shape index (κ3) is 4.20. The number of nitrogens with zero attached hydrogens (tertiary/aromatic N) is 2. The molecule has 8 nitrogen and oxygen atoms in total. The van der Waals surface area contributed by atoms with Gasteiger partial charge in [0.2, 0.25) is 0 Å². The number of amides is 3. The summed E-state index contributed by atoms with van der Waals surface area (Å²) in [5.41, 5.74) is 1.55. The van der Waals surface area contributed by atoms with E-state index in [0.717, 1.165) is 14.9 Å². The van der Waals surface area contributed by atoms with Gasteiger partial charge in [0, 0.05) is 28.7 Å². The van der Waals surface area contributed by atoms with Crippen molar-refractivity contribution in [2.75, 3.05) is 6.54 Å². The predicted octanol–water partition coefficient (Wildman–Crippen LogP) is 3.85. The maximum atomic E-state index is 12.3. The van der Waals surface area contributed by atoms with Crippen molar-refractivity contribution < 1.29 is 19.2 Å². The molecule has 3 amide bonds. The molecule has 1 heterocycles. The van der Waals surface area contributed by atoms with Crippen molar-refractivity contribution in [1.82, 2.24) is 10.2 Å². The van der Waals surface area contributed by atoms with Crippen molar-refractivity contribution in [2.24, 2.45) is 0 Å². The summed E-state index contributed by atoms with van der Waals surface area (Å²) in [5.74, 6) is 0.111. The van der Waals surface area contributed by atoms with Gasteiger partial charge in [0.15, 0.2) is 0 Å². The van der Waals surface area contributed by atoms with Gasteiger partial charge in [0.1, 0.15) is 18.1 Å². The summed E-state index contributed by atoms with van der Waals surface area (Å²) in [6, 6.07) is 10.9. The molecule has 144 valence electrons. The molecule has 0 radical (unpaired) electrons. The Kier molecular flexibility index (Phi) is 5.74. The Balaban J connectivity index is 1.81. The van der Waals surface area contributed by atoms with Crippen molar-refractivity contribution in [3.63, 3.8) is 0 Å². The van der Waals surface area contributed by atoms with Crippen LogP contribution in [0, 0.1) is 10.1 Å². The molecule has 1 N–H and O–H groups in total. The van der Waals surface area contributed by atoms with Crippen molar-refractivity contribution in [3.8, 4) is 5.75 Å². The molecule has 0 atom stereocenters. The number of hydrogen-bond donors (Lipinski definition) is 1. The van der Waals surface area contributed by atoms with Crippen LogP contribution in [0.25, 0.3) is 6.08 Å². The molecule has 9 heteroatoms. The standard InChI is InChI=1S/C19H16BrN3O5/c1-2-22-18(24)16(21-19(22)25)10-13-9-14(20)5-8-17(13)28-11-12-3-6-15(7-4-12)23(26)27/h3-10H,2,11H2,1H3,(H,21,25)/b16-10+. The maximum Gasteiger partial charge on any atom is 0.328 e. The Morgan fingerprint density at radius 1 is 1.21 bits per heavy atom. The number of rotatable bonds is 6. The Labute approximate surface area is 169 Å². The van der Waals surface area contributed by atoms with E-state index in [1.807, 2.05) is 0 Å². The first kappa shape index (κ1) is 19.6. The molecular formula is C19H16BrN3O5. The zero-order chi connectivity index (χ0) is 20.3. The fourth-order valence-electron chi connectivity index (χ4n) is 2.65. The van der Waals surface area contributed by atoms with Gasteiger partial charge >= 0.3 is 6.03 Å². The number of likely N-dealkylation sites (N-methyl/N-ethyl adjacent to an activating group) is 1. The predicted molar refractivity (Wildman–Crippen MR) is 105 cm³/mol. The highest BCUT2D eigenvalue weighted by Crippen LogP contribution is 2.27. The Hall–Kier alpha value is -3.20. The molecule has 3 rings (SSSR count). The lowest BCUT2D eigenvalue weighted by Crippen LogP contribution is -2.30. The summed E-state index contributed by atoms with van der Waals surface area (Å²) in [6.45, 7) is 2.19. The van der Waals surface area contributed by atoms with E-state index in [1.165, 1.54) is 12.1 Å². The summed E-state index contributed by atoms with van der Waals surface area (Å²) in [7, 11) is 0. The molecule has 2 aromatic carbocycles. The second kappa shape index (κ2) is 8.22. The lowest BCUT2D eigenvalue weighted by atomic mass is 10.1. The average molecular weight is 446 g/mol. The lowest BCUT2D eigenvalue weighted by Gasteiger charge is -2.10. The van der Waals surface area contributed by atoms with Crippen LogP contribution in [0.2, 0.25) is 0 Å². The van der Waals surface area contributed by atoms with E-state index in [0.29, 0.717) is 11.3 Å². The SMILES string of the molecule is CCN1C(=O)N/C(=C/c2cc(Br)ccc2OCc2ccc([N+](=O)[O-])cc2)C1=O. The zero-order valence-electron chi connectivity index (χ0n) is 14.8. The smallest absolute Gasteiger partial charge is 0.328 e. The van der Waals surface area contributed by atoms with Crippen molar-refractivity contribution in [2.45, 2.75) is 13.5 Å². The van der Waals surface area contributed by atoms with Gasteiger partial charge in [-0.15, -0.1) is 0 Å². The molecule has 0 spiro atoms. The molecule has 1 fully saturated rings. The molecule has 1 saturated heterocycles. The molecule has 0 aromatic heterocycles. The van der Waals surface area contributed by atoms with Gasteiger partial charge in [-0.3, -0.25) is 19.8 Å². The fourth-order valence-corrected chi connectivity index (χ4v) is 3.03. The quantitative estimate of drug-likeness (QED) is 0.314. The fraction of sp³-hybridized carbons (Fsp3) is 0.158. The molecule has 2 aromatic rings. The molecular weight excluding hydrogens is 430 g/mol. The normalized spacial score (nSPS) is 15.1. The van der Waals surface area contributed by atoms with Gasteiger partial charge in [-0.1, -0.05) is 15.9 Å². The van der Waals surface area contributed by atoms with E-state index in [9.17, 15) is 19.7 Å². The van der Waals surface area contributed by atoms with E-state index in [4.69, 9.17) is 4.74 Å². The van der Waals surface area contributed by atoms with E-state index in [2.05, 4.69) is 21.2 Å². The zero-order valence-corrected chi connectivity index (χ0v) is 16.4. The van der Waals surface area contributed by atoms with Crippen LogP contribution in [0.5, 0.6) is 5.75 Å². The molecule has 0 bridgehead atoms. The third-order valence-corrected chi connectivity index (χ3v) is 4.58. The number of carbonyl (C=O) groups excluding carboxylic acids is 2. The van der Waals surface area contributed by atoms with E-state index in [1.54, 1.807) is 43.3 Å². The second-order valence-electron chi connectivity index (χ2n) is 5.93. The number of nitrogens with one attached hydrogen (secondary N) is 1. The molecule has 0 aliphatic carbocycles. The van der Waals surface area contributed by atoms with Crippen LogP contribution in [-0.2, 0) is 11.4 Å². The minimum Gasteiger partial charge on any atom is -0.488 e. The van der Waals surface area contributed by atoms with Crippen LogP contribution in [0.1, 0.15) is 18.1 Å². The Bertz CT molecular complexity index is 972. The largest absolute Gasteiger partial charge is 0.488 e. The van der Waals surface area contributed by atoms with Gasteiger partial charge < -0.3 is 10.1 Å². The average Bonchev–Trinajstić information content (AvgIpc) is 2.94. The van der Waals surface area contributed by atoms with Crippen molar-refractivity contribution in [3.05, 3.63) is 73.9 Å². The maximum absolute atomic E-state index is 12.3. The summed E-state index contributed by atoms with van der Waals surface area (Å²) in [4.78, 5) is 35.5. The molecule has 28 heavy (non-hydrogen) atoms. The number of hydrogen-bond acceptors (Lipinski definition) is 5. The number of halogens is 1. The van der Waals surface area contributed by atoms with Crippen LogP contribution in [0.3, 0.4) is 0 Å². The molecule has 0 unspecified atom stereocenters. The number of non-ortho nitro benzene ring substituents is 1. The first-order valence-corrected chi connectivity index (χ1v) is 9.18. The number of nitro groups is 1. The van der Waals surface area contributed by atoms with Crippen LogP contribution in [-0.4, -0.2) is 28.3 Å². The Morgan fingerprint density at radius 2 is 1.93 bits per heavy atom. The minimum absolute atomic E-state index is 0.00813. The molecule has 1 aliphatic rings. The second-order valence-corrected chi connectivity index (χ2v) is 6.85. The summed E-state index contributed by atoms with van der Waals surface area (Å²) in [5, 5.41) is 13.3. The van der Waals surface area contributed by atoms with Crippen LogP contribution < -0.4 is 10.1 Å². The van der Waals surface area contributed by atoms with Crippen LogP contribution >= 0.6 is 15.9 Å². The third-order valence-electron chi connectivity index (χ3n) is 4.09. The van der Waals surface area contributed by atoms with Crippen LogP contribution in [0.4, 0.5) is 10.5 Å².